The van der Waals surface area contributed by atoms with Gasteiger partial charge in [0.2, 0.25) is 0 Å². The summed E-state index contributed by atoms with van der Waals surface area (Å²) in [6, 6.07) is 12.4. The molecule has 0 unspecified atom stereocenters. The number of benzene rings is 2. The van der Waals surface area contributed by atoms with Crippen LogP contribution < -0.4 is 14.8 Å². The second kappa shape index (κ2) is 7.09. The summed E-state index contributed by atoms with van der Waals surface area (Å²) >= 11 is 0. The largest absolute Gasteiger partial charge is 0.493 e. The van der Waals surface area contributed by atoms with E-state index in [0.29, 0.717) is 12.3 Å². The predicted molar refractivity (Wildman–Crippen MR) is 81.2 cm³/mol. The molecule has 0 aromatic heterocycles. The summed E-state index contributed by atoms with van der Waals surface area (Å²) in [6.45, 7) is 2.68. The molecule has 0 saturated carbocycles. The molecule has 21 heavy (non-hydrogen) atoms. The maximum absolute atomic E-state index is 12.9. The van der Waals surface area contributed by atoms with Gasteiger partial charge in [0.25, 0.3) is 0 Å². The minimum atomic E-state index is -0.222. The molecule has 0 heterocycles. The monoisotopic (exact) mass is 289 g/mol. The zero-order chi connectivity index (χ0) is 15.2. The predicted octanol–water partition coefficient (Wildman–Crippen LogP) is 3.69. The quantitative estimate of drug-likeness (QED) is 0.879. The van der Waals surface area contributed by atoms with Gasteiger partial charge in [0, 0.05) is 18.2 Å². The van der Waals surface area contributed by atoms with Crippen LogP contribution in [0.2, 0.25) is 0 Å². The van der Waals surface area contributed by atoms with Crippen LogP contribution in [0.1, 0.15) is 24.1 Å². The van der Waals surface area contributed by atoms with Crippen molar-refractivity contribution in [3.63, 3.8) is 0 Å². The topological polar surface area (TPSA) is 30.5 Å². The normalized spacial score (nSPS) is 12.0. The highest BCUT2D eigenvalue weighted by Gasteiger charge is 2.11. The zero-order valence-electron chi connectivity index (χ0n) is 12.5. The summed E-state index contributed by atoms with van der Waals surface area (Å²) in [5.74, 6) is 1.23. The number of halogens is 1. The van der Waals surface area contributed by atoms with Gasteiger partial charge in [0.05, 0.1) is 14.2 Å². The number of nitrogens with one attached hydrogen (secondary N) is 1. The van der Waals surface area contributed by atoms with Crippen LogP contribution >= 0.6 is 0 Å². The molecule has 2 rings (SSSR count). The number of ether oxygens (including phenoxy) is 2. The van der Waals surface area contributed by atoms with Crippen molar-refractivity contribution in [1.29, 1.82) is 0 Å². The van der Waals surface area contributed by atoms with E-state index in [2.05, 4.69) is 5.32 Å². The van der Waals surface area contributed by atoms with E-state index in [-0.39, 0.29) is 11.9 Å². The Labute approximate surface area is 124 Å². The van der Waals surface area contributed by atoms with E-state index in [9.17, 15) is 4.39 Å². The first-order valence-corrected chi connectivity index (χ1v) is 6.84. The highest BCUT2D eigenvalue weighted by molar-refractivity contribution is 5.46. The summed E-state index contributed by atoms with van der Waals surface area (Å²) in [5.41, 5.74) is 2.06. The van der Waals surface area contributed by atoms with Crippen molar-refractivity contribution in [2.45, 2.75) is 19.5 Å². The zero-order valence-corrected chi connectivity index (χ0v) is 12.5. The summed E-state index contributed by atoms with van der Waals surface area (Å²) in [4.78, 5) is 0. The molecular formula is C17H20FNO2. The van der Waals surface area contributed by atoms with Gasteiger partial charge in [-0.15, -0.1) is 0 Å². The molecule has 2 aromatic rings. The standard InChI is InChI=1S/C17H20FNO2/c1-12(13-7-9-15(18)10-8-13)19-11-14-5-4-6-16(20-2)17(14)21-3/h4-10,12,19H,11H2,1-3H3/t12-/m1/s1. The highest BCUT2D eigenvalue weighted by Crippen LogP contribution is 2.30. The number of para-hydroxylation sites is 1. The Balaban J connectivity index is 2.07. The summed E-state index contributed by atoms with van der Waals surface area (Å²) < 4.78 is 23.6. The van der Waals surface area contributed by atoms with Crippen molar-refractivity contribution < 1.29 is 13.9 Å². The van der Waals surface area contributed by atoms with Gasteiger partial charge >= 0.3 is 0 Å². The van der Waals surface area contributed by atoms with Crippen molar-refractivity contribution in [3.05, 3.63) is 59.4 Å². The smallest absolute Gasteiger partial charge is 0.165 e. The molecule has 0 bridgehead atoms. The molecule has 4 heteroatoms. The van der Waals surface area contributed by atoms with Crippen LogP contribution in [0.4, 0.5) is 4.39 Å². The van der Waals surface area contributed by atoms with Crippen LogP contribution in [0.3, 0.4) is 0 Å². The number of hydrogen-bond donors (Lipinski definition) is 1. The maximum Gasteiger partial charge on any atom is 0.165 e. The lowest BCUT2D eigenvalue weighted by Crippen LogP contribution is -2.18. The van der Waals surface area contributed by atoms with Gasteiger partial charge in [-0.1, -0.05) is 24.3 Å². The van der Waals surface area contributed by atoms with Gasteiger partial charge in [-0.25, -0.2) is 4.39 Å². The first-order valence-electron chi connectivity index (χ1n) is 6.84. The van der Waals surface area contributed by atoms with Gasteiger partial charge in [-0.05, 0) is 30.7 Å². The fraction of sp³-hybridized carbons (Fsp3) is 0.294. The molecule has 0 spiro atoms. The Morgan fingerprint density at radius 3 is 2.38 bits per heavy atom. The second-order valence-electron chi connectivity index (χ2n) is 4.81. The minimum absolute atomic E-state index is 0.113. The fourth-order valence-electron chi connectivity index (χ4n) is 2.23. The lowest BCUT2D eigenvalue weighted by molar-refractivity contribution is 0.350. The summed E-state index contributed by atoms with van der Waals surface area (Å²) in [6.07, 6.45) is 0. The van der Waals surface area contributed by atoms with Crippen LogP contribution in [0.25, 0.3) is 0 Å². The average molecular weight is 289 g/mol. The van der Waals surface area contributed by atoms with E-state index in [1.807, 2.05) is 25.1 Å². The van der Waals surface area contributed by atoms with Crippen LogP contribution in [-0.4, -0.2) is 14.2 Å². The molecule has 1 atom stereocenters. The Kier molecular flexibility index (Phi) is 5.17. The Bertz CT molecular complexity index is 584. The van der Waals surface area contributed by atoms with Crippen molar-refractivity contribution in [3.8, 4) is 11.5 Å². The van der Waals surface area contributed by atoms with E-state index < -0.39 is 0 Å². The molecule has 2 aromatic carbocycles. The minimum Gasteiger partial charge on any atom is -0.493 e. The summed E-state index contributed by atoms with van der Waals surface area (Å²) in [7, 11) is 3.25. The van der Waals surface area contributed by atoms with Gasteiger partial charge < -0.3 is 14.8 Å². The van der Waals surface area contributed by atoms with E-state index in [1.165, 1.54) is 12.1 Å². The lowest BCUT2D eigenvalue weighted by Gasteiger charge is -2.17. The van der Waals surface area contributed by atoms with Crippen molar-refractivity contribution in [1.82, 2.24) is 5.32 Å². The van der Waals surface area contributed by atoms with Crippen LogP contribution in [-0.2, 0) is 6.54 Å². The first kappa shape index (κ1) is 15.3. The van der Waals surface area contributed by atoms with E-state index >= 15 is 0 Å². The Morgan fingerprint density at radius 1 is 1.05 bits per heavy atom. The molecule has 3 nitrogen and oxygen atoms in total. The molecule has 0 radical (unpaired) electrons. The molecular weight excluding hydrogens is 269 g/mol. The Morgan fingerprint density at radius 2 is 1.76 bits per heavy atom. The number of hydrogen-bond acceptors (Lipinski definition) is 3. The molecule has 0 saturated heterocycles. The average Bonchev–Trinajstić information content (AvgIpc) is 2.52. The maximum atomic E-state index is 12.9. The van der Waals surface area contributed by atoms with Crippen LogP contribution in [0, 0.1) is 5.82 Å². The van der Waals surface area contributed by atoms with Crippen molar-refractivity contribution in [2.75, 3.05) is 14.2 Å². The fourth-order valence-corrected chi connectivity index (χ4v) is 2.23. The summed E-state index contributed by atoms with van der Waals surface area (Å²) in [5, 5.41) is 3.40. The molecule has 1 N–H and O–H groups in total. The van der Waals surface area contributed by atoms with E-state index in [1.54, 1.807) is 26.4 Å². The highest BCUT2D eigenvalue weighted by atomic mass is 19.1. The SMILES string of the molecule is COc1cccc(CN[C@H](C)c2ccc(F)cc2)c1OC. The second-order valence-corrected chi connectivity index (χ2v) is 4.81. The molecule has 0 aliphatic rings. The first-order chi connectivity index (χ1) is 10.2. The van der Waals surface area contributed by atoms with Crippen molar-refractivity contribution >= 4 is 0 Å². The van der Waals surface area contributed by atoms with Gasteiger partial charge in [-0.3, -0.25) is 0 Å². The molecule has 112 valence electrons. The molecule has 0 amide bonds. The Hall–Kier alpha value is -2.07. The van der Waals surface area contributed by atoms with Gasteiger partial charge in [0.1, 0.15) is 5.82 Å². The van der Waals surface area contributed by atoms with Crippen LogP contribution in [0.15, 0.2) is 42.5 Å². The third-order valence-corrected chi connectivity index (χ3v) is 3.45. The molecule has 0 aliphatic carbocycles. The number of rotatable bonds is 6. The number of methoxy groups -OCH3 is 2. The van der Waals surface area contributed by atoms with E-state index in [4.69, 9.17) is 9.47 Å². The lowest BCUT2D eigenvalue weighted by atomic mass is 10.1. The molecule has 0 aliphatic heterocycles. The van der Waals surface area contributed by atoms with Gasteiger partial charge in [-0.2, -0.15) is 0 Å². The van der Waals surface area contributed by atoms with E-state index in [0.717, 1.165) is 16.9 Å². The van der Waals surface area contributed by atoms with Gasteiger partial charge in [0.15, 0.2) is 11.5 Å². The third-order valence-electron chi connectivity index (χ3n) is 3.45. The molecule has 0 fully saturated rings. The van der Waals surface area contributed by atoms with Crippen molar-refractivity contribution in [2.24, 2.45) is 0 Å². The van der Waals surface area contributed by atoms with Crippen LogP contribution in [0.5, 0.6) is 11.5 Å². The third kappa shape index (κ3) is 3.73.